The van der Waals surface area contributed by atoms with Crippen LogP contribution in [0.1, 0.15) is 18.3 Å². The number of nitrogen functional groups attached to an aromatic ring is 1. The molecule has 2 rings (SSSR count). The Labute approximate surface area is 108 Å². The van der Waals surface area contributed by atoms with Crippen LogP contribution in [0.3, 0.4) is 0 Å². The zero-order chi connectivity index (χ0) is 12.1. The van der Waals surface area contributed by atoms with Gasteiger partial charge in [-0.3, -0.25) is 0 Å². The van der Waals surface area contributed by atoms with Crippen LogP contribution in [0.2, 0.25) is 0 Å². The van der Waals surface area contributed by atoms with Gasteiger partial charge in [-0.2, -0.15) is 4.37 Å². The lowest BCUT2D eigenvalue weighted by atomic mass is 10.3. The summed E-state index contributed by atoms with van der Waals surface area (Å²) < 4.78 is 5.24. The van der Waals surface area contributed by atoms with Crippen LogP contribution in [-0.2, 0) is 12.2 Å². The highest BCUT2D eigenvalue weighted by Gasteiger charge is 2.03. The zero-order valence-corrected chi connectivity index (χ0v) is 11.0. The third-order valence-electron chi connectivity index (χ3n) is 2.10. The van der Waals surface area contributed by atoms with Gasteiger partial charge in [0.1, 0.15) is 11.6 Å². The number of aryl methyl sites for hydroxylation is 1. The summed E-state index contributed by atoms with van der Waals surface area (Å²) in [5, 5.41) is 0. The molecule has 2 aromatic rings. The molecule has 17 heavy (non-hydrogen) atoms. The molecule has 0 amide bonds. The minimum absolute atomic E-state index is 0.669. The van der Waals surface area contributed by atoms with Gasteiger partial charge in [0.15, 0.2) is 4.34 Å². The van der Waals surface area contributed by atoms with E-state index < -0.39 is 0 Å². The van der Waals surface area contributed by atoms with Gasteiger partial charge in [0.05, 0.1) is 0 Å². The summed E-state index contributed by atoms with van der Waals surface area (Å²) in [6.07, 6.45) is 2.69. The maximum Gasteiger partial charge on any atom is 0.170 e. The second-order valence-corrected chi connectivity index (χ2v) is 5.29. The summed E-state index contributed by atoms with van der Waals surface area (Å²) in [5.41, 5.74) is 3.64. The fourth-order valence-corrected chi connectivity index (χ4v) is 2.81. The number of nitrogens with one attached hydrogen (secondary N) is 1. The van der Waals surface area contributed by atoms with E-state index in [9.17, 15) is 0 Å². The molecular formula is C10H13N5S2. The highest BCUT2D eigenvalue weighted by atomic mass is 32.2. The Balaban J connectivity index is 1.92. The quantitative estimate of drug-likeness (QED) is 0.490. The van der Waals surface area contributed by atoms with Crippen molar-refractivity contribution in [3.05, 3.63) is 29.7 Å². The van der Waals surface area contributed by atoms with E-state index >= 15 is 0 Å². The summed E-state index contributed by atoms with van der Waals surface area (Å²) in [5.74, 6) is 7.68. The van der Waals surface area contributed by atoms with Gasteiger partial charge in [0.2, 0.25) is 0 Å². The molecule has 0 bridgehead atoms. The smallest absolute Gasteiger partial charge is 0.170 e. The van der Waals surface area contributed by atoms with Crippen LogP contribution < -0.4 is 11.3 Å². The summed E-state index contributed by atoms with van der Waals surface area (Å²) in [4.78, 5) is 8.54. The van der Waals surface area contributed by atoms with Gasteiger partial charge >= 0.3 is 0 Å². The first kappa shape index (κ1) is 12.3. The van der Waals surface area contributed by atoms with Crippen molar-refractivity contribution < 1.29 is 0 Å². The van der Waals surface area contributed by atoms with Crippen molar-refractivity contribution in [3.63, 3.8) is 0 Å². The van der Waals surface area contributed by atoms with Crippen LogP contribution in [-0.4, -0.2) is 14.3 Å². The molecule has 0 aliphatic rings. The van der Waals surface area contributed by atoms with Gasteiger partial charge in [-0.25, -0.2) is 15.8 Å². The van der Waals surface area contributed by atoms with Crippen LogP contribution in [0.25, 0.3) is 0 Å². The van der Waals surface area contributed by atoms with E-state index in [0.717, 1.165) is 27.9 Å². The lowest BCUT2D eigenvalue weighted by Gasteiger charge is -2.00. The molecule has 0 aliphatic heterocycles. The summed E-state index contributed by atoms with van der Waals surface area (Å²) in [6, 6.07) is 3.85. The molecular weight excluding hydrogens is 254 g/mol. The molecule has 90 valence electrons. The molecule has 0 aromatic carbocycles. The maximum absolute atomic E-state index is 5.25. The fraction of sp³-hybridized carbons (Fsp3) is 0.300. The molecule has 0 radical (unpaired) electrons. The largest absolute Gasteiger partial charge is 0.308 e. The van der Waals surface area contributed by atoms with Crippen molar-refractivity contribution in [1.82, 2.24) is 14.3 Å². The molecule has 2 heterocycles. The van der Waals surface area contributed by atoms with Crippen LogP contribution in [0.15, 0.2) is 22.7 Å². The van der Waals surface area contributed by atoms with Crippen LogP contribution in [0.4, 0.5) is 5.82 Å². The van der Waals surface area contributed by atoms with Gasteiger partial charge in [0, 0.05) is 18.4 Å². The minimum atomic E-state index is 0.669. The standard InChI is InChI=1S/C10H13N5S2/c1-2-8-13-10(17-15-8)16-6-7-3-4-9(14-11)12-5-7/h3-5H,2,6,11H2,1H3,(H,12,14). The third kappa shape index (κ3) is 3.39. The van der Waals surface area contributed by atoms with Crippen LogP contribution in [0, 0.1) is 0 Å². The number of nitrogens with two attached hydrogens (primary N) is 1. The second kappa shape index (κ2) is 5.95. The Hall–Kier alpha value is -1.18. The number of hydrogen-bond donors (Lipinski definition) is 2. The Bertz CT molecular complexity index is 468. The fourth-order valence-electron chi connectivity index (χ4n) is 1.18. The first-order valence-corrected chi connectivity index (χ1v) is 6.94. The van der Waals surface area contributed by atoms with Crippen molar-refractivity contribution >= 4 is 29.1 Å². The summed E-state index contributed by atoms with van der Waals surface area (Å²) >= 11 is 3.13. The Morgan fingerprint density at radius 1 is 1.47 bits per heavy atom. The molecule has 0 unspecified atom stereocenters. The number of aromatic nitrogens is 3. The lowest BCUT2D eigenvalue weighted by Crippen LogP contribution is -2.08. The number of anilines is 1. The van der Waals surface area contributed by atoms with E-state index in [2.05, 4.69) is 26.7 Å². The van der Waals surface area contributed by atoms with Gasteiger partial charge in [-0.1, -0.05) is 24.8 Å². The van der Waals surface area contributed by atoms with Crippen molar-refractivity contribution in [1.29, 1.82) is 0 Å². The average molecular weight is 267 g/mol. The van der Waals surface area contributed by atoms with Gasteiger partial charge in [-0.05, 0) is 23.2 Å². The monoisotopic (exact) mass is 267 g/mol. The summed E-state index contributed by atoms with van der Waals surface area (Å²) in [6.45, 7) is 2.05. The maximum atomic E-state index is 5.25. The van der Waals surface area contributed by atoms with E-state index in [1.807, 2.05) is 18.3 Å². The number of pyridine rings is 1. The van der Waals surface area contributed by atoms with Crippen LogP contribution >= 0.6 is 23.3 Å². The highest BCUT2D eigenvalue weighted by molar-refractivity contribution is 8.00. The number of rotatable bonds is 5. The van der Waals surface area contributed by atoms with Crippen molar-refractivity contribution in [2.75, 3.05) is 5.43 Å². The van der Waals surface area contributed by atoms with Gasteiger partial charge < -0.3 is 5.43 Å². The predicted molar refractivity (Wildman–Crippen MR) is 70.9 cm³/mol. The normalized spacial score (nSPS) is 10.5. The third-order valence-corrected chi connectivity index (χ3v) is 4.04. The number of hydrogen-bond acceptors (Lipinski definition) is 7. The molecule has 0 atom stereocenters. The minimum Gasteiger partial charge on any atom is -0.308 e. The molecule has 5 nitrogen and oxygen atoms in total. The van der Waals surface area contributed by atoms with Gasteiger partial charge in [-0.15, -0.1) is 0 Å². The molecule has 0 spiro atoms. The van der Waals surface area contributed by atoms with Crippen LogP contribution in [0.5, 0.6) is 0 Å². The molecule has 2 aromatic heterocycles. The highest BCUT2D eigenvalue weighted by Crippen LogP contribution is 2.24. The molecule has 0 fully saturated rings. The first-order valence-electron chi connectivity index (χ1n) is 5.18. The van der Waals surface area contributed by atoms with E-state index in [4.69, 9.17) is 5.84 Å². The molecule has 3 N–H and O–H groups in total. The second-order valence-electron chi connectivity index (χ2n) is 3.31. The van der Waals surface area contributed by atoms with E-state index in [0.29, 0.717) is 5.82 Å². The Kier molecular flexibility index (Phi) is 4.29. The van der Waals surface area contributed by atoms with Crippen molar-refractivity contribution in [2.24, 2.45) is 5.84 Å². The van der Waals surface area contributed by atoms with E-state index in [1.165, 1.54) is 11.5 Å². The van der Waals surface area contributed by atoms with Gasteiger partial charge in [0.25, 0.3) is 0 Å². The van der Waals surface area contributed by atoms with E-state index in [1.54, 1.807) is 11.8 Å². The zero-order valence-electron chi connectivity index (χ0n) is 9.38. The molecule has 0 saturated heterocycles. The first-order chi connectivity index (χ1) is 8.31. The average Bonchev–Trinajstić information content (AvgIpc) is 2.85. The molecule has 0 aliphatic carbocycles. The summed E-state index contributed by atoms with van der Waals surface area (Å²) in [7, 11) is 0. The van der Waals surface area contributed by atoms with E-state index in [-0.39, 0.29) is 0 Å². The number of nitrogens with zero attached hydrogens (tertiary/aromatic N) is 3. The Morgan fingerprint density at radius 2 is 2.35 bits per heavy atom. The van der Waals surface area contributed by atoms with Crippen molar-refractivity contribution in [2.45, 2.75) is 23.4 Å². The number of thioether (sulfide) groups is 1. The number of hydrazine groups is 1. The lowest BCUT2D eigenvalue weighted by molar-refractivity contribution is 0.971. The van der Waals surface area contributed by atoms with Crippen molar-refractivity contribution in [3.8, 4) is 0 Å². The SMILES string of the molecule is CCc1nsc(SCc2ccc(NN)nc2)n1. The molecule has 7 heteroatoms. The predicted octanol–water partition coefficient (Wildman–Crippen LogP) is 2.07. The molecule has 0 saturated carbocycles. The Morgan fingerprint density at radius 3 is 2.94 bits per heavy atom. The topological polar surface area (TPSA) is 76.7 Å².